The minimum absolute atomic E-state index is 0.0631. The molecule has 4 heteroatoms. The van der Waals surface area contributed by atoms with Gasteiger partial charge in [-0.25, -0.2) is 0 Å². The molecule has 0 bridgehead atoms. The number of amides is 1. The van der Waals surface area contributed by atoms with Crippen LogP contribution in [0.4, 0.5) is 0 Å². The largest absolute Gasteiger partial charge is 0.355 e. The van der Waals surface area contributed by atoms with E-state index in [1.54, 1.807) is 11.8 Å². The molecule has 1 atom stereocenters. The van der Waals surface area contributed by atoms with Gasteiger partial charge in [0.05, 0.1) is 0 Å². The fraction of sp³-hybridized carbons (Fsp3) is 0.857. The Morgan fingerprint density at radius 2 is 2.36 bits per heavy atom. The lowest BCUT2D eigenvalue weighted by Crippen LogP contribution is -2.26. The minimum atomic E-state index is -0.0834. The van der Waals surface area contributed by atoms with Crippen molar-refractivity contribution in [3.8, 4) is 0 Å². The predicted molar refractivity (Wildman–Crippen MR) is 51.3 cm³/mol. The van der Waals surface area contributed by atoms with Crippen molar-refractivity contribution in [1.82, 2.24) is 5.32 Å². The van der Waals surface area contributed by atoms with Crippen LogP contribution in [0.2, 0.25) is 0 Å². The number of carbonyl (C=O) groups excluding carboxylic acids is 1. The summed E-state index contributed by atoms with van der Waals surface area (Å²) >= 11 is 7.08. The van der Waals surface area contributed by atoms with E-state index in [4.69, 9.17) is 11.6 Å². The van der Waals surface area contributed by atoms with Crippen LogP contribution in [0.3, 0.4) is 0 Å². The maximum atomic E-state index is 10.6. The second-order valence-corrected chi connectivity index (χ2v) is 3.86. The summed E-state index contributed by atoms with van der Waals surface area (Å²) in [6, 6.07) is 0. The van der Waals surface area contributed by atoms with E-state index in [1.807, 2.05) is 0 Å². The zero-order chi connectivity index (χ0) is 8.69. The van der Waals surface area contributed by atoms with Crippen molar-refractivity contribution in [3.05, 3.63) is 0 Å². The van der Waals surface area contributed by atoms with Gasteiger partial charge in [-0.05, 0) is 12.7 Å². The van der Waals surface area contributed by atoms with Gasteiger partial charge >= 0.3 is 0 Å². The van der Waals surface area contributed by atoms with Gasteiger partial charge in [-0.1, -0.05) is 6.92 Å². The Bertz CT molecular complexity index is 121. The number of nitrogens with one attached hydrogen (secondary N) is 1. The van der Waals surface area contributed by atoms with E-state index < -0.39 is 0 Å². The van der Waals surface area contributed by atoms with Crippen molar-refractivity contribution in [1.29, 1.82) is 0 Å². The highest BCUT2D eigenvalue weighted by Crippen LogP contribution is 2.07. The molecule has 0 aliphatic heterocycles. The van der Waals surface area contributed by atoms with Crippen LogP contribution in [0.5, 0.6) is 0 Å². The molecule has 66 valence electrons. The summed E-state index contributed by atoms with van der Waals surface area (Å²) in [6.07, 6.45) is 3.07. The molecule has 0 aliphatic carbocycles. The Balaban J connectivity index is 3.20. The van der Waals surface area contributed by atoms with Crippen molar-refractivity contribution in [3.63, 3.8) is 0 Å². The molecule has 0 spiro atoms. The maximum absolute atomic E-state index is 10.6. The molecule has 1 unspecified atom stereocenters. The first kappa shape index (κ1) is 11.1. The highest BCUT2D eigenvalue weighted by molar-refractivity contribution is 7.99. The first-order chi connectivity index (χ1) is 5.20. The third kappa shape index (κ3) is 6.51. The van der Waals surface area contributed by atoms with E-state index in [1.165, 1.54) is 0 Å². The zero-order valence-corrected chi connectivity index (χ0v) is 8.47. The average molecular weight is 196 g/mol. The third-order valence-electron chi connectivity index (χ3n) is 1.40. The highest BCUT2D eigenvalue weighted by Gasteiger charge is 2.00. The van der Waals surface area contributed by atoms with Gasteiger partial charge in [0.15, 0.2) is 0 Å². The van der Waals surface area contributed by atoms with Gasteiger partial charge in [-0.15, -0.1) is 11.6 Å². The summed E-state index contributed by atoms with van der Waals surface area (Å²) < 4.78 is 0. The zero-order valence-electron chi connectivity index (χ0n) is 6.89. The SMILES string of the molecule is CSC(C)CCNC(=O)CCl. The quantitative estimate of drug-likeness (QED) is 0.674. The van der Waals surface area contributed by atoms with E-state index in [2.05, 4.69) is 18.5 Å². The fourth-order valence-corrected chi connectivity index (χ4v) is 1.03. The second kappa shape index (κ2) is 6.80. The number of rotatable bonds is 5. The number of carbonyl (C=O) groups is 1. The Hall–Kier alpha value is 0.110. The molecule has 0 rings (SSSR count). The Morgan fingerprint density at radius 3 is 2.82 bits per heavy atom. The van der Waals surface area contributed by atoms with Crippen LogP contribution in [-0.4, -0.2) is 29.8 Å². The topological polar surface area (TPSA) is 29.1 Å². The van der Waals surface area contributed by atoms with E-state index >= 15 is 0 Å². The van der Waals surface area contributed by atoms with Crippen molar-refractivity contribution in [2.24, 2.45) is 0 Å². The Kier molecular flexibility index (Phi) is 6.87. The van der Waals surface area contributed by atoms with Gasteiger partial charge in [0.1, 0.15) is 5.88 Å². The van der Waals surface area contributed by atoms with E-state index in [0.717, 1.165) is 13.0 Å². The Labute approximate surface area is 77.1 Å². The molecule has 0 saturated heterocycles. The molecular weight excluding hydrogens is 182 g/mol. The summed E-state index contributed by atoms with van der Waals surface area (Å²) in [4.78, 5) is 10.6. The molecule has 0 heterocycles. The summed E-state index contributed by atoms with van der Waals surface area (Å²) in [5.74, 6) is -0.0202. The normalized spacial score (nSPS) is 12.6. The predicted octanol–water partition coefficient (Wildman–Crippen LogP) is 1.48. The van der Waals surface area contributed by atoms with Crippen molar-refractivity contribution in [2.45, 2.75) is 18.6 Å². The molecule has 1 N–H and O–H groups in total. The Morgan fingerprint density at radius 1 is 1.73 bits per heavy atom. The molecule has 0 fully saturated rings. The van der Waals surface area contributed by atoms with Crippen LogP contribution < -0.4 is 5.32 Å². The van der Waals surface area contributed by atoms with Crippen LogP contribution in [0.15, 0.2) is 0 Å². The molecule has 0 aromatic heterocycles. The monoisotopic (exact) mass is 195 g/mol. The van der Waals surface area contributed by atoms with E-state index in [9.17, 15) is 4.79 Å². The number of thioether (sulfide) groups is 1. The van der Waals surface area contributed by atoms with Gasteiger partial charge in [-0.2, -0.15) is 11.8 Å². The lowest BCUT2D eigenvalue weighted by Gasteiger charge is -2.07. The lowest BCUT2D eigenvalue weighted by atomic mass is 10.3. The molecule has 11 heavy (non-hydrogen) atoms. The number of halogens is 1. The summed E-state index contributed by atoms with van der Waals surface area (Å²) in [6.45, 7) is 2.87. The smallest absolute Gasteiger partial charge is 0.234 e. The standard InChI is InChI=1S/C7H14ClNOS/c1-6(11-2)3-4-9-7(10)5-8/h6H,3-5H2,1-2H3,(H,9,10). The van der Waals surface area contributed by atoms with E-state index in [0.29, 0.717) is 5.25 Å². The fourth-order valence-electron chi connectivity index (χ4n) is 0.580. The van der Waals surface area contributed by atoms with Crippen molar-refractivity contribution < 1.29 is 4.79 Å². The van der Waals surface area contributed by atoms with E-state index in [-0.39, 0.29) is 11.8 Å². The lowest BCUT2D eigenvalue weighted by molar-refractivity contribution is -0.118. The summed E-state index contributed by atoms with van der Waals surface area (Å²) in [7, 11) is 0. The molecule has 1 amide bonds. The molecule has 0 aromatic carbocycles. The molecule has 0 radical (unpaired) electrons. The first-order valence-corrected chi connectivity index (χ1v) is 5.38. The molecule has 2 nitrogen and oxygen atoms in total. The van der Waals surface area contributed by atoms with Gasteiger partial charge < -0.3 is 5.32 Å². The van der Waals surface area contributed by atoms with Gasteiger partial charge in [0, 0.05) is 11.8 Å². The van der Waals surface area contributed by atoms with Gasteiger partial charge in [0.25, 0.3) is 0 Å². The summed E-state index contributed by atoms with van der Waals surface area (Å²) in [5.41, 5.74) is 0. The molecule has 0 saturated carbocycles. The second-order valence-electron chi connectivity index (χ2n) is 2.32. The number of hydrogen-bond acceptors (Lipinski definition) is 2. The van der Waals surface area contributed by atoms with Gasteiger partial charge in [-0.3, -0.25) is 4.79 Å². The molecular formula is C7H14ClNOS. The van der Waals surface area contributed by atoms with Crippen LogP contribution in [0.25, 0.3) is 0 Å². The van der Waals surface area contributed by atoms with Crippen LogP contribution >= 0.6 is 23.4 Å². The maximum Gasteiger partial charge on any atom is 0.234 e. The van der Waals surface area contributed by atoms with Crippen LogP contribution in [0, 0.1) is 0 Å². The van der Waals surface area contributed by atoms with Crippen molar-refractivity contribution >= 4 is 29.3 Å². The van der Waals surface area contributed by atoms with Crippen LogP contribution in [-0.2, 0) is 4.79 Å². The van der Waals surface area contributed by atoms with Gasteiger partial charge in [0.2, 0.25) is 5.91 Å². The van der Waals surface area contributed by atoms with Crippen LogP contribution in [0.1, 0.15) is 13.3 Å². The van der Waals surface area contributed by atoms with Crippen molar-refractivity contribution in [2.75, 3.05) is 18.7 Å². The molecule has 0 aromatic rings. The first-order valence-electron chi connectivity index (χ1n) is 3.56. The number of alkyl halides is 1. The number of hydrogen-bond donors (Lipinski definition) is 1. The summed E-state index contributed by atoms with van der Waals surface area (Å²) in [5, 5.41) is 3.32. The average Bonchev–Trinajstić information content (AvgIpc) is 2.04. The third-order valence-corrected chi connectivity index (χ3v) is 2.68. The highest BCUT2D eigenvalue weighted by atomic mass is 35.5. The minimum Gasteiger partial charge on any atom is -0.355 e. The molecule has 0 aliphatic rings.